The largest absolute Gasteiger partial charge is 0.433 e. The Morgan fingerprint density at radius 3 is 2.56 bits per heavy atom. The van der Waals surface area contributed by atoms with E-state index in [0.717, 1.165) is 24.3 Å². The summed E-state index contributed by atoms with van der Waals surface area (Å²) in [6.07, 6.45) is 0. The summed E-state index contributed by atoms with van der Waals surface area (Å²) in [6.45, 7) is 0. The summed E-state index contributed by atoms with van der Waals surface area (Å²) < 4.78 is 30.8. The Hall–Kier alpha value is -2.57. The summed E-state index contributed by atoms with van der Waals surface area (Å²) >= 11 is 0. The van der Waals surface area contributed by atoms with Crippen molar-refractivity contribution in [2.45, 2.75) is 0 Å². The molecule has 18 heavy (non-hydrogen) atoms. The third-order valence-electron chi connectivity index (χ3n) is 2.17. The van der Waals surface area contributed by atoms with Gasteiger partial charge >= 0.3 is 5.88 Å². The zero-order valence-electron chi connectivity index (χ0n) is 8.72. The lowest BCUT2D eigenvalue weighted by atomic mass is 10.1. The maximum absolute atomic E-state index is 13.3. The topological polar surface area (TPSA) is 73.3 Å². The van der Waals surface area contributed by atoms with Gasteiger partial charge < -0.3 is 4.42 Å². The van der Waals surface area contributed by atoms with Crippen molar-refractivity contribution in [3.8, 4) is 0 Å². The van der Waals surface area contributed by atoms with E-state index >= 15 is 0 Å². The molecular weight excluding hydrogens is 248 g/mol. The van der Waals surface area contributed by atoms with Crippen LogP contribution < -0.4 is 0 Å². The van der Waals surface area contributed by atoms with Crippen LogP contribution in [-0.4, -0.2) is 10.7 Å². The van der Waals surface area contributed by atoms with Crippen LogP contribution in [0.1, 0.15) is 16.1 Å². The SMILES string of the molecule is O=C(c1ccc([N+](=O)[O-])o1)c1cc(F)ccc1F. The van der Waals surface area contributed by atoms with Crippen molar-refractivity contribution >= 4 is 11.7 Å². The first-order chi connectivity index (χ1) is 8.49. The molecule has 0 saturated carbocycles. The molecule has 0 aliphatic heterocycles. The molecule has 0 fully saturated rings. The van der Waals surface area contributed by atoms with Gasteiger partial charge in [0.1, 0.15) is 16.6 Å². The van der Waals surface area contributed by atoms with Gasteiger partial charge in [-0.05, 0) is 24.3 Å². The van der Waals surface area contributed by atoms with Gasteiger partial charge in [-0.1, -0.05) is 0 Å². The minimum absolute atomic E-state index is 0.425. The number of hydrogen-bond acceptors (Lipinski definition) is 4. The van der Waals surface area contributed by atoms with Crippen molar-refractivity contribution < 1.29 is 22.9 Å². The van der Waals surface area contributed by atoms with Crippen LogP contribution in [0.15, 0.2) is 34.7 Å². The van der Waals surface area contributed by atoms with Crippen molar-refractivity contribution in [2.24, 2.45) is 0 Å². The van der Waals surface area contributed by atoms with Gasteiger partial charge in [-0.25, -0.2) is 8.78 Å². The molecule has 5 nitrogen and oxygen atoms in total. The number of hydrogen-bond donors (Lipinski definition) is 0. The molecule has 0 spiro atoms. The molecule has 0 radical (unpaired) electrons. The van der Waals surface area contributed by atoms with Crippen molar-refractivity contribution in [3.63, 3.8) is 0 Å². The third kappa shape index (κ3) is 2.10. The van der Waals surface area contributed by atoms with E-state index in [2.05, 4.69) is 4.42 Å². The number of carbonyl (C=O) groups excluding carboxylic acids is 1. The van der Waals surface area contributed by atoms with Gasteiger partial charge in [0.15, 0.2) is 5.76 Å². The Balaban J connectivity index is 2.41. The van der Waals surface area contributed by atoms with Crippen LogP contribution in [0.3, 0.4) is 0 Å². The minimum Gasteiger partial charge on any atom is -0.397 e. The second-order valence-electron chi connectivity index (χ2n) is 3.35. The fraction of sp³-hybridized carbons (Fsp3) is 0. The Morgan fingerprint density at radius 1 is 1.22 bits per heavy atom. The van der Waals surface area contributed by atoms with Crippen molar-refractivity contribution in [1.82, 2.24) is 0 Å². The summed E-state index contributed by atoms with van der Waals surface area (Å²) in [6, 6.07) is 4.35. The maximum atomic E-state index is 13.3. The lowest BCUT2D eigenvalue weighted by Gasteiger charge is -1.99. The Kier molecular flexibility index (Phi) is 2.88. The molecule has 1 aromatic carbocycles. The molecule has 2 rings (SSSR count). The molecule has 0 atom stereocenters. The van der Waals surface area contributed by atoms with E-state index in [4.69, 9.17) is 0 Å². The lowest BCUT2D eigenvalue weighted by Crippen LogP contribution is -2.03. The number of benzene rings is 1. The summed E-state index contributed by atoms with van der Waals surface area (Å²) in [5, 5.41) is 10.4. The van der Waals surface area contributed by atoms with Crippen LogP contribution in [0, 0.1) is 21.7 Å². The minimum atomic E-state index is -0.958. The summed E-state index contributed by atoms with van der Waals surface area (Å²) in [5.74, 6) is -3.75. The highest BCUT2D eigenvalue weighted by atomic mass is 19.1. The van der Waals surface area contributed by atoms with Gasteiger partial charge in [-0.3, -0.25) is 14.9 Å². The zero-order valence-corrected chi connectivity index (χ0v) is 8.72. The maximum Gasteiger partial charge on any atom is 0.433 e. The standard InChI is InChI=1S/C11H5F2NO4/c12-6-1-2-8(13)7(5-6)11(15)9-3-4-10(18-9)14(16)17/h1-5H. The van der Waals surface area contributed by atoms with Crippen LogP contribution in [0.2, 0.25) is 0 Å². The monoisotopic (exact) mass is 253 g/mol. The molecule has 2 aromatic rings. The average molecular weight is 253 g/mol. The summed E-state index contributed by atoms with van der Waals surface area (Å²) in [7, 11) is 0. The van der Waals surface area contributed by atoms with E-state index in [1.807, 2.05) is 0 Å². The lowest BCUT2D eigenvalue weighted by molar-refractivity contribution is -0.402. The van der Waals surface area contributed by atoms with Crippen LogP contribution in [0.5, 0.6) is 0 Å². The average Bonchev–Trinajstić information content (AvgIpc) is 2.81. The number of furan rings is 1. The van der Waals surface area contributed by atoms with E-state index in [0.29, 0.717) is 6.07 Å². The van der Waals surface area contributed by atoms with Crippen LogP contribution in [0.25, 0.3) is 0 Å². The zero-order chi connectivity index (χ0) is 13.3. The molecule has 92 valence electrons. The first-order valence-electron chi connectivity index (χ1n) is 4.73. The highest BCUT2D eigenvalue weighted by molar-refractivity contribution is 6.07. The molecule has 1 heterocycles. The molecule has 0 aliphatic carbocycles. The van der Waals surface area contributed by atoms with Crippen LogP contribution in [-0.2, 0) is 0 Å². The van der Waals surface area contributed by atoms with Gasteiger partial charge in [0.25, 0.3) is 0 Å². The number of ketones is 1. The van der Waals surface area contributed by atoms with Crippen LogP contribution in [0.4, 0.5) is 14.7 Å². The van der Waals surface area contributed by atoms with Crippen molar-refractivity contribution in [2.75, 3.05) is 0 Å². The Labute approximate surface area is 98.8 Å². The highest BCUT2D eigenvalue weighted by Crippen LogP contribution is 2.20. The van der Waals surface area contributed by atoms with Crippen molar-refractivity contribution in [1.29, 1.82) is 0 Å². The summed E-state index contributed by atoms with van der Waals surface area (Å²) in [4.78, 5) is 21.3. The fourth-order valence-corrected chi connectivity index (χ4v) is 1.35. The molecule has 0 unspecified atom stereocenters. The molecule has 1 aromatic heterocycles. The molecular formula is C11H5F2NO4. The van der Waals surface area contributed by atoms with E-state index in [1.165, 1.54) is 0 Å². The van der Waals surface area contributed by atoms with Crippen LogP contribution >= 0.6 is 0 Å². The fourth-order valence-electron chi connectivity index (χ4n) is 1.35. The second-order valence-corrected chi connectivity index (χ2v) is 3.35. The number of carbonyl (C=O) groups is 1. The molecule has 0 saturated heterocycles. The predicted octanol–water partition coefficient (Wildman–Crippen LogP) is 2.70. The van der Waals surface area contributed by atoms with Gasteiger partial charge in [0, 0.05) is 0 Å². The van der Waals surface area contributed by atoms with Gasteiger partial charge in [0.2, 0.25) is 5.78 Å². The van der Waals surface area contributed by atoms with Gasteiger partial charge in [-0.2, -0.15) is 0 Å². The first kappa shape index (κ1) is 11.9. The molecule has 0 aliphatic rings. The smallest absolute Gasteiger partial charge is 0.397 e. The predicted molar refractivity (Wildman–Crippen MR) is 55.2 cm³/mol. The van der Waals surface area contributed by atoms with E-state index in [1.54, 1.807) is 0 Å². The van der Waals surface area contributed by atoms with Gasteiger partial charge in [0.05, 0.1) is 11.6 Å². The van der Waals surface area contributed by atoms with E-state index in [-0.39, 0.29) is 0 Å². The Morgan fingerprint density at radius 2 is 1.94 bits per heavy atom. The van der Waals surface area contributed by atoms with Gasteiger partial charge in [-0.15, -0.1) is 0 Å². The van der Waals surface area contributed by atoms with E-state index < -0.39 is 39.5 Å². The number of nitro groups is 1. The quantitative estimate of drug-likeness (QED) is 0.479. The number of rotatable bonds is 3. The summed E-state index contributed by atoms with van der Waals surface area (Å²) in [5.41, 5.74) is -0.542. The normalized spacial score (nSPS) is 10.3. The molecule has 7 heteroatoms. The molecule has 0 bridgehead atoms. The second kappa shape index (κ2) is 4.36. The third-order valence-corrected chi connectivity index (χ3v) is 2.17. The highest BCUT2D eigenvalue weighted by Gasteiger charge is 2.21. The van der Waals surface area contributed by atoms with E-state index in [9.17, 15) is 23.7 Å². The van der Waals surface area contributed by atoms with Crippen molar-refractivity contribution in [3.05, 3.63) is 63.4 Å². The molecule has 0 N–H and O–H groups in total. The number of halogens is 2. The first-order valence-corrected chi connectivity index (χ1v) is 4.73. The molecule has 0 amide bonds. The Bertz CT molecular complexity index is 636. The number of nitrogens with zero attached hydrogens (tertiary/aromatic N) is 1.